The highest BCUT2D eigenvalue weighted by atomic mass is 79.9. The second-order valence-corrected chi connectivity index (χ2v) is 7.63. The second kappa shape index (κ2) is 7.65. The first kappa shape index (κ1) is 18.5. The zero-order chi connectivity index (χ0) is 19.7. The van der Waals surface area contributed by atoms with E-state index in [1.54, 1.807) is 32.4 Å². The van der Waals surface area contributed by atoms with Crippen LogP contribution in [-0.2, 0) is 0 Å². The molecule has 0 saturated carbocycles. The molecule has 4 rings (SSSR count). The van der Waals surface area contributed by atoms with Crippen molar-refractivity contribution in [3.05, 3.63) is 62.7 Å². The Hall–Kier alpha value is -2.84. The van der Waals surface area contributed by atoms with Gasteiger partial charge in [-0.2, -0.15) is 0 Å². The average Bonchev–Trinajstić information content (AvgIpc) is 3.16. The van der Waals surface area contributed by atoms with E-state index in [1.165, 1.54) is 11.3 Å². The molecule has 0 atom stereocenters. The minimum Gasteiger partial charge on any atom is -0.497 e. The summed E-state index contributed by atoms with van der Waals surface area (Å²) >= 11 is 4.82. The third-order valence-electron chi connectivity index (χ3n) is 4.12. The number of benzene rings is 2. The molecule has 0 aliphatic rings. The molecule has 28 heavy (non-hydrogen) atoms. The number of aromatic nitrogens is 1. The lowest BCUT2D eigenvalue weighted by atomic mass is 10.1. The van der Waals surface area contributed by atoms with Gasteiger partial charge >= 0.3 is 5.63 Å². The van der Waals surface area contributed by atoms with Gasteiger partial charge < -0.3 is 19.2 Å². The predicted molar refractivity (Wildman–Crippen MR) is 114 cm³/mol. The van der Waals surface area contributed by atoms with Crippen molar-refractivity contribution >= 4 is 49.1 Å². The summed E-state index contributed by atoms with van der Waals surface area (Å²) in [5, 5.41) is 6.49. The van der Waals surface area contributed by atoms with E-state index in [1.807, 2.05) is 29.6 Å². The fraction of sp³-hybridized carbons (Fsp3) is 0.100. The van der Waals surface area contributed by atoms with Crippen molar-refractivity contribution in [2.24, 2.45) is 0 Å². The van der Waals surface area contributed by atoms with Gasteiger partial charge in [0.2, 0.25) is 0 Å². The molecule has 1 N–H and O–H groups in total. The van der Waals surface area contributed by atoms with Crippen LogP contribution >= 0.6 is 27.3 Å². The van der Waals surface area contributed by atoms with Crippen LogP contribution in [0.5, 0.6) is 11.5 Å². The Balaban J connectivity index is 1.68. The smallest absolute Gasteiger partial charge is 0.345 e. The van der Waals surface area contributed by atoms with Crippen molar-refractivity contribution in [2.75, 3.05) is 19.5 Å². The summed E-state index contributed by atoms with van der Waals surface area (Å²) < 4.78 is 16.9. The van der Waals surface area contributed by atoms with Gasteiger partial charge in [0.25, 0.3) is 0 Å². The largest absolute Gasteiger partial charge is 0.497 e. The highest BCUT2D eigenvalue weighted by molar-refractivity contribution is 9.10. The summed E-state index contributed by atoms with van der Waals surface area (Å²) in [5.74, 6) is 1.33. The monoisotopic (exact) mass is 458 g/mol. The topological polar surface area (TPSA) is 73.6 Å². The molecule has 0 aliphatic heterocycles. The summed E-state index contributed by atoms with van der Waals surface area (Å²) in [7, 11) is 3.19. The first-order chi connectivity index (χ1) is 13.6. The molecule has 0 fully saturated rings. The molecule has 142 valence electrons. The maximum atomic E-state index is 12.4. The Labute approximate surface area is 172 Å². The summed E-state index contributed by atoms with van der Waals surface area (Å²) in [5.41, 5.74) is 1.83. The van der Waals surface area contributed by atoms with Gasteiger partial charge in [-0.05, 0) is 36.4 Å². The van der Waals surface area contributed by atoms with Gasteiger partial charge in [0, 0.05) is 21.3 Å². The molecule has 2 heterocycles. The molecule has 2 aromatic carbocycles. The van der Waals surface area contributed by atoms with Gasteiger partial charge in [0.05, 0.1) is 31.2 Å². The maximum Gasteiger partial charge on any atom is 0.345 e. The molecule has 0 saturated heterocycles. The molecule has 0 amide bonds. The normalized spacial score (nSPS) is 10.8. The van der Waals surface area contributed by atoms with E-state index in [9.17, 15) is 4.79 Å². The molecule has 0 unspecified atom stereocenters. The first-order valence-corrected chi connectivity index (χ1v) is 9.93. The average molecular weight is 459 g/mol. The van der Waals surface area contributed by atoms with Crippen molar-refractivity contribution in [2.45, 2.75) is 0 Å². The Morgan fingerprint density at radius 2 is 1.96 bits per heavy atom. The minimum atomic E-state index is -0.422. The number of nitrogens with one attached hydrogen (secondary N) is 1. The zero-order valence-corrected chi connectivity index (χ0v) is 17.4. The number of anilines is 2. The molecule has 0 spiro atoms. The lowest BCUT2D eigenvalue weighted by Crippen LogP contribution is -2.03. The standard InChI is InChI=1S/C20H15BrN2O4S/c1-25-13-4-5-15(18(9-13)26-2)22-20-23-16(10-28-20)14-8-11-7-12(21)3-6-17(11)27-19(14)24/h3-10H,1-2H3,(H,22,23). The van der Waals surface area contributed by atoms with Gasteiger partial charge in [-0.3, -0.25) is 0 Å². The third kappa shape index (κ3) is 3.61. The van der Waals surface area contributed by atoms with E-state index in [-0.39, 0.29) is 0 Å². The predicted octanol–water partition coefficient (Wildman–Crippen LogP) is 5.44. The molecule has 0 aliphatic carbocycles. The van der Waals surface area contributed by atoms with Gasteiger partial charge in [0.1, 0.15) is 17.1 Å². The summed E-state index contributed by atoms with van der Waals surface area (Å²) in [4.78, 5) is 16.9. The number of hydrogen-bond acceptors (Lipinski definition) is 7. The molecule has 6 nitrogen and oxygen atoms in total. The molecular formula is C20H15BrN2O4S. The van der Waals surface area contributed by atoms with Crippen LogP contribution in [0.4, 0.5) is 10.8 Å². The quantitative estimate of drug-likeness (QED) is 0.401. The molecule has 2 aromatic heterocycles. The van der Waals surface area contributed by atoms with Crippen molar-refractivity contribution in [1.29, 1.82) is 0 Å². The molecular weight excluding hydrogens is 444 g/mol. The van der Waals surface area contributed by atoms with Crippen LogP contribution in [0.15, 0.2) is 61.5 Å². The Morgan fingerprint density at radius 1 is 1.11 bits per heavy atom. The number of fused-ring (bicyclic) bond motifs is 1. The van der Waals surface area contributed by atoms with Gasteiger partial charge in [-0.25, -0.2) is 9.78 Å². The molecule has 0 bridgehead atoms. The van der Waals surface area contributed by atoms with Crippen LogP contribution in [-0.4, -0.2) is 19.2 Å². The van der Waals surface area contributed by atoms with E-state index in [0.717, 1.165) is 15.5 Å². The number of ether oxygens (including phenoxy) is 2. The van der Waals surface area contributed by atoms with E-state index < -0.39 is 5.63 Å². The third-order valence-corrected chi connectivity index (χ3v) is 5.38. The van der Waals surface area contributed by atoms with Crippen molar-refractivity contribution in [3.63, 3.8) is 0 Å². The maximum absolute atomic E-state index is 12.4. The van der Waals surface area contributed by atoms with Crippen LogP contribution in [0, 0.1) is 0 Å². The Bertz CT molecular complexity index is 1220. The SMILES string of the molecule is COc1ccc(Nc2nc(-c3cc4cc(Br)ccc4oc3=O)cs2)c(OC)c1. The molecule has 4 aromatic rings. The summed E-state index contributed by atoms with van der Waals surface area (Å²) in [6.07, 6.45) is 0. The van der Waals surface area contributed by atoms with Crippen LogP contribution in [0.25, 0.3) is 22.2 Å². The van der Waals surface area contributed by atoms with Gasteiger partial charge in [-0.15, -0.1) is 11.3 Å². The summed E-state index contributed by atoms with van der Waals surface area (Å²) in [6, 6.07) is 12.7. The van der Waals surface area contributed by atoms with Crippen LogP contribution in [0.3, 0.4) is 0 Å². The van der Waals surface area contributed by atoms with E-state index in [4.69, 9.17) is 13.9 Å². The van der Waals surface area contributed by atoms with Crippen molar-refractivity contribution in [1.82, 2.24) is 4.98 Å². The second-order valence-electron chi connectivity index (χ2n) is 5.86. The number of nitrogens with zero attached hydrogens (tertiary/aromatic N) is 1. The minimum absolute atomic E-state index is 0.414. The van der Waals surface area contributed by atoms with E-state index in [2.05, 4.69) is 26.2 Å². The number of thiazole rings is 1. The molecule has 8 heteroatoms. The number of hydrogen-bond donors (Lipinski definition) is 1. The summed E-state index contributed by atoms with van der Waals surface area (Å²) in [6.45, 7) is 0. The van der Waals surface area contributed by atoms with E-state index in [0.29, 0.717) is 33.5 Å². The zero-order valence-electron chi connectivity index (χ0n) is 15.0. The van der Waals surface area contributed by atoms with Crippen LogP contribution < -0.4 is 20.4 Å². The van der Waals surface area contributed by atoms with E-state index >= 15 is 0 Å². The number of halogens is 1. The van der Waals surface area contributed by atoms with Gasteiger partial charge in [-0.1, -0.05) is 15.9 Å². The van der Waals surface area contributed by atoms with Crippen LogP contribution in [0.1, 0.15) is 0 Å². The lowest BCUT2D eigenvalue weighted by molar-refractivity contribution is 0.395. The highest BCUT2D eigenvalue weighted by Crippen LogP contribution is 2.33. The van der Waals surface area contributed by atoms with Crippen molar-refractivity contribution in [3.8, 4) is 22.8 Å². The van der Waals surface area contributed by atoms with Gasteiger partial charge in [0.15, 0.2) is 5.13 Å². The molecule has 0 radical (unpaired) electrons. The van der Waals surface area contributed by atoms with Crippen molar-refractivity contribution < 1.29 is 13.9 Å². The highest BCUT2D eigenvalue weighted by Gasteiger charge is 2.13. The first-order valence-electron chi connectivity index (χ1n) is 8.26. The number of methoxy groups -OCH3 is 2. The number of rotatable bonds is 5. The Morgan fingerprint density at radius 3 is 2.75 bits per heavy atom. The fourth-order valence-corrected chi connectivity index (χ4v) is 3.85. The fourth-order valence-electron chi connectivity index (χ4n) is 2.74. The Kier molecular flexibility index (Phi) is 5.06. The van der Waals surface area contributed by atoms with Crippen LogP contribution in [0.2, 0.25) is 0 Å². The lowest BCUT2D eigenvalue weighted by Gasteiger charge is -2.10.